The van der Waals surface area contributed by atoms with E-state index in [1.54, 1.807) is 11.0 Å². The Bertz CT molecular complexity index is 755. The molecule has 1 fully saturated rings. The topological polar surface area (TPSA) is 46.6 Å². The van der Waals surface area contributed by atoms with Crippen LogP contribution in [0.15, 0.2) is 48.5 Å². The molecule has 2 aromatic carbocycles. The lowest BCUT2D eigenvalue weighted by Crippen LogP contribution is -2.27. The molecular formula is C20H21NO3. The molecule has 4 nitrogen and oxygen atoms in total. The Morgan fingerprint density at radius 1 is 1.12 bits per heavy atom. The van der Waals surface area contributed by atoms with Gasteiger partial charge in [-0.25, -0.2) is 0 Å². The third kappa shape index (κ3) is 3.65. The molecule has 2 aromatic rings. The molecule has 4 heteroatoms. The number of aryl methyl sites for hydroxylation is 2. The minimum atomic E-state index is -0.400. The molecule has 0 aliphatic carbocycles. The van der Waals surface area contributed by atoms with Crippen LogP contribution in [0.4, 0.5) is 0 Å². The highest BCUT2D eigenvalue weighted by molar-refractivity contribution is 5.87. The standard InChI is InChI=1S/C20H21NO3/c1-14-8-9-18(10-15(14)2)24-20(23)17-11-19(22)21(13-17)12-16-6-4-3-5-7-16/h3-10,17H,11-13H2,1-2H3/t17-/m1/s1. The molecule has 1 heterocycles. The molecule has 1 atom stereocenters. The fourth-order valence-electron chi connectivity index (χ4n) is 2.86. The summed E-state index contributed by atoms with van der Waals surface area (Å²) < 4.78 is 5.46. The van der Waals surface area contributed by atoms with Crippen molar-refractivity contribution in [2.24, 2.45) is 5.92 Å². The maximum Gasteiger partial charge on any atom is 0.316 e. The van der Waals surface area contributed by atoms with Crippen LogP contribution in [0.1, 0.15) is 23.1 Å². The van der Waals surface area contributed by atoms with Gasteiger partial charge in [0.05, 0.1) is 5.92 Å². The first-order valence-corrected chi connectivity index (χ1v) is 8.13. The summed E-state index contributed by atoms with van der Waals surface area (Å²) in [5, 5.41) is 0. The maximum absolute atomic E-state index is 12.4. The Balaban J connectivity index is 1.62. The van der Waals surface area contributed by atoms with Gasteiger partial charge in [0, 0.05) is 19.5 Å². The predicted molar refractivity (Wildman–Crippen MR) is 91.5 cm³/mol. The maximum atomic E-state index is 12.4. The molecule has 24 heavy (non-hydrogen) atoms. The van der Waals surface area contributed by atoms with Gasteiger partial charge in [-0.3, -0.25) is 9.59 Å². The van der Waals surface area contributed by atoms with Crippen molar-refractivity contribution in [3.8, 4) is 5.75 Å². The molecule has 0 aromatic heterocycles. The van der Waals surface area contributed by atoms with Crippen molar-refractivity contribution in [2.75, 3.05) is 6.54 Å². The highest BCUT2D eigenvalue weighted by Crippen LogP contribution is 2.23. The molecule has 3 rings (SSSR count). The van der Waals surface area contributed by atoms with E-state index < -0.39 is 5.92 Å². The van der Waals surface area contributed by atoms with E-state index in [0.29, 0.717) is 18.8 Å². The van der Waals surface area contributed by atoms with E-state index in [2.05, 4.69) is 0 Å². The van der Waals surface area contributed by atoms with Crippen LogP contribution in [-0.4, -0.2) is 23.3 Å². The number of ether oxygens (including phenoxy) is 1. The summed E-state index contributed by atoms with van der Waals surface area (Å²) in [7, 11) is 0. The van der Waals surface area contributed by atoms with Crippen LogP contribution < -0.4 is 4.74 Å². The number of carbonyl (C=O) groups excluding carboxylic acids is 2. The average molecular weight is 323 g/mol. The van der Waals surface area contributed by atoms with Gasteiger partial charge in [-0.1, -0.05) is 36.4 Å². The van der Waals surface area contributed by atoms with E-state index in [-0.39, 0.29) is 18.3 Å². The third-order valence-electron chi connectivity index (χ3n) is 4.46. The Kier molecular flexibility index (Phi) is 4.65. The van der Waals surface area contributed by atoms with Crippen molar-refractivity contribution < 1.29 is 14.3 Å². The number of amides is 1. The van der Waals surface area contributed by atoms with Gasteiger partial charge in [0.15, 0.2) is 0 Å². The molecule has 1 amide bonds. The summed E-state index contributed by atoms with van der Waals surface area (Å²) in [6.07, 6.45) is 0.219. The smallest absolute Gasteiger partial charge is 0.316 e. The van der Waals surface area contributed by atoms with Gasteiger partial charge in [-0.15, -0.1) is 0 Å². The number of likely N-dealkylation sites (tertiary alicyclic amines) is 1. The minimum absolute atomic E-state index is 0.000824. The fourth-order valence-corrected chi connectivity index (χ4v) is 2.86. The van der Waals surface area contributed by atoms with Gasteiger partial charge in [0.1, 0.15) is 5.75 Å². The summed E-state index contributed by atoms with van der Waals surface area (Å²) in [6, 6.07) is 15.4. The second-order valence-corrected chi connectivity index (χ2v) is 6.33. The second-order valence-electron chi connectivity index (χ2n) is 6.33. The van der Waals surface area contributed by atoms with E-state index in [0.717, 1.165) is 16.7 Å². The zero-order valence-corrected chi connectivity index (χ0v) is 14.0. The first kappa shape index (κ1) is 16.2. The van der Waals surface area contributed by atoms with Crippen LogP contribution in [0.3, 0.4) is 0 Å². The molecule has 1 aliphatic heterocycles. The number of hydrogen-bond donors (Lipinski definition) is 0. The van der Waals surface area contributed by atoms with Gasteiger partial charge in [-0.2, -0.15) is 0 Å². The second kappa shape index (κ2) is 6.87. The molecular weight excluding hydrogens is 302 g/mol. The third-order valence-corrected chi connectivity index (χ3v) is 4.46. The SMILES string of the molecule is Cc1ccc(OC(=O)[C@@H]2CC(=O)N(Cc3ccccc3)C2)cc1C. The Hall–Kier alpha value is -2.62. The summed E-state index contributed by atoms with van der Waals surface area (Å²) >= 11 is 0. The van der Waals surface area contributed by atoms with Gasteiger partial charge in [0.25, 0.3) is 0 Å². The zero-order valence-electron chi connectivity index (χ0n) is 14.0. The molecule has 0 N–H and O–H groups in total. The van der Waals surface area contributed by atoms with Gasteiger partial charge < -0.3 is 9.64 Å². The van der Waals surface area contributed by atoms with Crippen molar-refractivity contribution in [2.45, 2.75) is 26.8 Å². The number of hydrogen-bond acceptors (Lipinski definition) is 3. The van der Waals surface area contributed by atoms with Gasteiger partial charge >= 0.3 is 5.97 Å². The van der Waals surface area contributed by atoms with Gasteiger partial charge in [0.2, 0.25) is 5.91 Å². The summed E-state index contributed by atoms with van der Waals surface area (Å²) in [6.45, 7) is 4.94. The normalized spacial score (nSPS) is 17.2. The van der Waals surface area contributed by atoms with E-state index in [9.17, 15) is 9.59 Å². The van der Waals surface area contributed by atoms with Crippen molar-refractivity contribution in [1.82, 2.24) is 4.90 Å². The lowest BCUT2D eigenvalue weighted by Gasteiger charge is -2.16. The first-order chi connectivity index (χ1) is 11.5. The van der Waals surface area contributed by atoms with Crippen molar-refractivity contribution >= 4 is 11.9 Å². The Morgan fingerprint density at radius 3 is 2.58 bits per heavy atom. The molecule has 0 saturated carbocycles. The molecule has 1 aliphatic rings. The Morgan fingerprint density at radius 2 is 1.88 bits per heavy atom. The zero-order chi connectivity index (χ0) is 17.1. The summed E-state index contributed by atoms with van der Waals surface area (Å²) in [5.74, 6) is -0.192. The highest BCUT2D eigenvalue weighted by atomic mass is 16.5. The van der Waals surface area contributed by atoms with Crippen LogP contribution in [0.2, 0.25) is 0 Å². The molecule has 0 unspecified atom stereocenters. The molecule has 0 radical (unpaired) electrons. The van der Waals surface area contributed by atoms with Crippen molar-refractivity contribution in [3.05, 3.63) is 65.2 Å². The van der Waals surface area contributed by atoms with Crippen LogP contribution >= 0.6 is 0 Å². The van der Waals surface area contributed by atoms with Crippen LogP contribution in [0, 0.1) is 19.8 Å². The first-order valence-electron chi connectivity index (χ1n) is 8.13. The lowest BCUT2D eigenvalue weighted by atomic mass is 10.1. The van der Waals surface area contributed by atoms with Crippen molar-refractivity contribution in [1.29, 1.82) is 0 Å². The number of carbonyl (C=O) groups is 2. The largest absolute Gasteiger partial charge is 0.426 e. The van der Waals surface area contributed by atoms with E-state index in [4.69, 9.17) is 4.74 Å². The summed E-state index contributed by atoms with van der Waals surface area (Å²) in [5.41, 5.74) is 3.29. The van der Waals surface area contributed by atoms with Crippen LogP contribution in [0.5, 0.6) is 5.75 Å². The highest BCUT2D eigenvalue weighted by Gasteiger charge is 2.35. The number of rotatable bonds is 4. The molecule has 1 saturated heterocycles. The number of benzene rings is 2. The summed E-state index contributed by atoms with van der Waals surface area (Å²) in [4.78, 5) is 26.2. The monoisotopic (exact) mass is 323 g/mol. The fraction of sp³-hybridized carbons (Fsp3) is 0.300. The van der Waals surface area contributed by atoms with Crippen LogP contribution in [-0.2, 0) is 16.1 Å². The lowest BCUT2D eigenvalue weighted by molar-refractivity contribution is -0.139. The number of esters is 1. The number of nitrogens with zero attached hydrogens (tertiary/aromatic N) is 1. The van der Waals surface area contributed by atoms with Crippen LogP contribution in [0.25, 0.3) is 0 Å². The van der Waals surface area contributed by atoms with Crippen molar-refractivity contribution in [3.63, 3.8) is 0 Å². The predicted octanol–water partition coefficient (Wildman–Crippen LogP) is 3.26. The van der Waals surface area contributed by atoms with E-state index in [1.807, 2.05) is 56.3 Å². The van der Waals surface area contributed by atoms with Gasteiger partial charge in [-0.05, 0) is 42.7 Å². The quantitative estimate of drug-likeness (QED) is 0.641. The molecule has 0 bridgehead atoms. The molecule has 124 valence electrons. The van der Waals surface area contributed by atoms with E-state index >= 15 is 0 Å². The Labute approximate surface area is 142 Å². The van der Waals surface area contributed by atoms with E-state index in [1.165, 1.54) is 0 Å². The molecule has 0 spiro atoms. The minimum Gasteiger partial charge on any atom is -0.426 e. The average Bonchev–Trinajstić information content (AvgIpc) is 2.93.